The highest BCUT2D eigenvalue weighted by Gasteiger charge is 2.10. The molecule has 0 unspecified atom stereocenters. The van der Waals surface area contributed by atoms with Crippen LogP contribution in [0.15, 0.2) is 18.5 Å². The standard InChI is InChI=1S/C6H7F2N3O2.C4H3N3O3/c1-12-4-3(9)2-10-6(11-4)13-5(7)8;8-4-5-2-1-3(6-4)7(9)10/h2,5H,9H2,1H3;1-2H,(H,5,6,8). The van der Waals surface area contributed by atoms with Gasteiger partial charge in [-0.2, -0.15) is 18.7 Å². The number of halogens is 2. The molecular weight excluding hydrogens is 322 g/mol. The molecule has 0 spiro atoms. The first-order valence-electron chi connectivity index (χ1n) is 5.61. The Labute approximate surface area is 126 Å². The Kier molecular flexibility index (Phi) is 6.27. The molecule has 2 heterocycles. The van der Waals surface area contributed by atoms with Gasteiger partial charge in [-0.3, -0.25) is 0 Å². The Bertz CT molecular complexity index is 674. The fourth-order valence-corrected chi connectivity index (χ4v) is 1.10. The summed E-state index contributed by atoms with van der Waals surface area (Å²) in [5.74, 6) is -0.404. The van der Waals surface area contributed by atoms with Crippen molar-refractivity contribution < 1.29 is 28.3 Å². The third-order valence-corrected chi connectivity index (χ3v) is 1.96. The lowest BCUT2D eigenvalue weighted by Gasteiger charge is -2.05. The van der Waals surface area contributed by atoms with Crippen LogP contribution in [0.4, 0.5) is 20.3 Å². The molecular formula is C10H10F2N6O5. The van der Waals surface area contributed by atoms with Crippen LogP contribution in [0.2, 0.25) is 0 Å². The van der Waals surface area contributed by atoms with Gasteiger partial charge in [-0.15, -0.1) is 0 Å². The minimum absolute atomic E-state index is 0.00523. The highest BCUT2D eigenvalue weighted by molar-refractivity contribution is 5.45. The second kappa shape index (κ2) is 8.16. The van der Waals surface area contributed by atoms with Gasteiger partial charge in [0.2, 0.25) is 5.88 Å². The highest BCUT2D eigenvalue weighted by Crippen LogP contribution is 2.19. The van der Waals surface area contributed by atoms with Crippen molar-refractivity contribution in [1.29, 1.82) is 0 Å². The van der Waals surface area contributed by atoms with E-state index in [0.717, 1.165) is 18.5 Å². The number of nitro groups is 1. The van der Waals surface area contributed by atoms with Gasteiger partial charge in [0.15, 0.2) is 0 Å². The number of nitrogen functional groups attached to an aromatic ring is 1. The summed E-state index contributed by atoms with van der Waals surface area (Å²) >= 11 is 0. The summed E-state index contributed by atoms with van der Waals surface area (Å²) in [7, 11) is 1.31. The van der Waals surface area contributed by atoms with Crippen LogP contribution in [0.1, 0.15) is 0 Å². The van der Waals surface area contributed by atoms with Crippen LogP contribution in [0.3, 0.4) is 0 Å². The molecule has 0 atom stereocenters. The molecule has 0 saturated heterocycles. The van der Waals surface area contributed by atoms with E-state index in [1.165, 1.54) is 7.11 Å². The summed E-state index contributed by atoms with van der Waals surface area (Å²) in [5.41, 5.74) is 5.49. The zero-order valence-electron chi connectivity index (χ0n) is 11.5. The molecule has 0 radical (unpaired) electrons. The van der Waals surface area contributed by atoms with Crippen LogP contribution < -0.4 is 15.2 Å². The molecule has 124 valence electrons. The van der Waals surface area contributed by atoms with Crippen molar-refractivity contribution in [2.75, 3.05) is 12.8 Å². The molecule has 23 heavy (non-hydrogen) atoms. The maximum atomic E-state index is 11.7. The summed E-state index contributed by atoms with van der Waals surface area (Å²) < 4.78 is 32.0. The van der Waals surface area contributed by atoms with E-state index in [2.05, 4.69) is 29.4 Å². The topological polar surface area (TPSA) is 159 Å². The number of aromatic nitrogens is 4. The largest absolute Gasteiger partial charge is 0.479 e. The Morgan fingerprint density at radius 1 is 1.39 bits per heavy atom. The zero-order chi connectivity index (χ0) is 17.4. The lowest BCUT2D eigenvalue weighted by Crippen LogP contribution is -2.07. The van der Waals surface area contributed by atoms with Crippen molar-refractivity contribution in [1.82, 2.24) is 19.9 Å². The first-order chi connectivity index (χ1) is 10.8. The van der Waals surface area contributed by atoms with Crippen LogP contribution in [0, 0.1) is 10.1 Å². The van der Waals surface area contributed by atoms with Gasteiger partial charge in [0.25, 0.3) is 0 Å². The molecule has 0 aromatic carbocycles. The molecule has 2 aromatic rings. The van der Waals surface area contributed by atoms with E-state index in [1.54, 1.807) is 0 Å². The van der Waals surface area contributed by atoms with E-state index in [0.29, 0.717) is 0 Å². The molecule has 2 rings (SSSR count). The fraction of sp³-hybridized carbons (Fsp3) is 0.200. The van der Waals surface area contributed by atoms with Crippen molar-refractivity contribution >= 4 is 11.5 Å². The van der Waals surface area contributed by atoms with Crippen LogP contribution in [-0.4, -0.2) is 43.7 Å². The van der Waals surface area contributed by atoms with Crippen LogP contribution >= 0.6 is 0 Å². The molecule has 0 aliphatic rings. The van der Waals surface area contributed by atoms with E-state index in [4.69, 9.17) is 10.8 Å². The summed E-state index contributed by atoms with van der Waals surface area (Å²) in [5, 5.41) is 18.5. The zero-order valence-corrected chi connectivity index (χ0v) is 11.5. The number of hydrogen-bond donors (Lipinski definition) is 2. The molecule has 0 bridgehead atoms. The van der Waals surface area contributed by atoms with Crippen LogP contribution in [-0.2, 0) is 0 Å². The summed E-state index contributed by atoms with van der Waals surface area (Å²) in [6.07, 6.45) is 2.24. The molecule has 13 heteroatoms. The predicted molar refractivity (Wildman–Crippen MR) is 70.0 cm³/mol. The third-order valence-electron chi connectivity index (χ3n) is 1.96. The molecule has 0 saturated carbocycles. The van der Waals surface area contributed by atoms with Gasteiger partial charge in [0.1, 0.15) is 5.69 Å². The smallest absolute Gasteiger partial charge is 0.431 e. The molecule has 0 aliphatic heterocycles. The number of hydrogen-bond acceptors (Lipinski definition) is 10. The van der Waals surface area contributed by atoms with Crippen LogP contribution in [0.5, 0.6) is 17.9 Å². The Balaban J connectivity index is 0.000000238. The predicted octanol–water partition coefficient (Wildman–Crippen LogP) is 0.759. The van der Waals surface area contributed by atoms with E-state index in [9.17, 15) is 18.9 Å². The second-order valence-corrected chi connectivity index (χ2v) is 3.47. The summed E-state index contributed by atoms with van der Waals surface area (Å²) in [6.45, 7) is -2.96. The first kappa shape index (κ1) is 17.7. The Morgan fingerprint density at radius 3 is 2.57 bits per heavy atom. The monoisotopic (exact) mass is 332 g/mol. The van der Waals surface area contributed by atoms with Gasteiger partial charge in [-0.05, 0) is 4.92 Å². The van der Waals surface area contributed by atoms with E-state index >= 15 is 0 Å². The normalized spacial score (nSPS) is 9.74. The molecule has 0 aliphatic carbocycles. The van der Waals surface area contributed by atoms with Crippen molar-refractivity contribution in [3.05, 3.63) is 28.6 Å². The average molecular weight is 332 g/mol. The van der Waals surface area contributed by atoms with Crippen molar-refractivity contribution in [3.8, 4) is 17.9 Å². The van der Waals surface area contributed by atoms with Crippen molar-refractivity contribution in [3.63, 3.8) is 0 Å². The van der Waals surface area contributed by atoms with Crippen molar-refractivity contribution in [2.45, 2.75) is 6.61 Å². The Morgan fingerprint density at radius 2 is 2.09 bits per heavy atom. The number of aromatic hydroxyl groups is 1. The molecule has 0 fully saturated rings. The lowest BCUT2D eigenvalue weighted by atomic mass is 10.5. The van der Waals surface area contributed by atoms with Crippen molar-refractivity contribution in [2.24, 2.45) is 0 Å². The van der Waals surface area contributed by atoms with Gasteiger partial charge in [0, 0.05) is 11.2 Å². The molecule has 0 amide bonds. The number of nitrogens with two attached hydrogens (primary N) is 1. The lowest BCUT2D eigenvalue weighted by molar-refractivity contribution is -0.389. The maximum Gasteiger partial charge on any atom is 0.431 e. The number of anilines is 1. The molecule has 3 N–H and O–H groups in total. The minimum atomic E-state index is -2.96. The number of nitrogens with zero attached hydrogens (tertiary/aromatic N) is 5. The van der Waals surface area contributed by atoms with E-state index in [1.807, 2.05) is 0 Å². The second-order valence-electron chi connectivity index (χ2n) is 3.47. The van der Waals surface area contributed by atoms with Gasteiger partial charge >= 0.3 is 24.5 Å². The number of rotatable bonds is 4. The van der Waals surface area contributed by atoms with Gasteiger partial charge in [-0.25, -0.2) is 4.98 Å². The minimum Gasteiger partial charge on any atom is -0.479 e. The Hall–Kier alpha value is -3.38. The molecule has 11 nitrogen and oxygen atoms in total. The number of ether oxygens (including phenoxy) is 2. The van der Waals surface area contributed by atoms with Gasteiger partial charge in [-0.1, -0.05) is 0 Å². The fourth-order valence-electron chi connectivity index (χ4n) is 1.10. The summed E-state index contributed by atoms with van der Waals surface area (Å²) in [6, 6.07) is 0.0370. The van der Waals surface area contributed by atoms with E-state index in [-0.39, 0.29) is 11.6 Å². The van der Waals surface area contributed by atoms with Gasteiger partial charge in [0.05, 0.1) is 19.4 Å². The van der Waals surface area contributed by atoms with Crippen LogP contribution in [0.25, 0.3) is 0 Å². The molecule has 2 aromatic heterocycles. The number of alkyl halides is 2. The summed E-state index contributed by atoms with van der Waals surface area (Å²) in [4.78, 5) is 22.5. The maximum absolute atomic E-state index is 11.7. The first-order valence-corrected chi connectivity index (χ1v) is 5.61. The quantitative estimate of drug-likeness (QED) is 0.604. The average Bonchev–Trinajstić information content (AvgIpc) is 2.49. The number of methoxy groups -OCH3 is 1. The highest BCUT2D eigenvalue weighted by atomic mass is 19.3. The third kappa shape index (κ3) is 5.86. The van der Waals surface area contributed by atoms with E-state index < -0.39 is 29.4 Å². The SMILES string of the molecule is COc1nc(OC(F)F)ncc1N.O=[N+]([O-])c1ccnc(O)n1. The van der Waals surface area contributed by atoms with Gasteiger partial charge < -0.3 is 30.4 Å².